The molecule has 4 rings (SSSR count). The lowest BCUT2D eigenvalue weighted by atomic mass is 10.1. The largest absolute Gasteiger partial charge is 0.508 e. The lowest BCUT2D eigenvalue weighted by molar-refractivity contribution is -0.384. The van der Waals surface area contributed by atoms with Crippen molar-refractivity contribution >= 4 is 34.3 Å². The monoisotopic (exact) mass is 564 g/mol. The SMILES string of the molecule is CC(=O)c1ccc(F)cc1.CC(=O)c1ccc(Oc2ccc(N)c([N+](=O)[O-])c2)cc1.Nc1ccc(O)cc1[N+](=O)[O-]. The van der Waals surface area contributed by atoms with Crippen LogP contribution in [0.2, 0.25) is 0 Å². The number of halogens is 1. The van der Waals surface area contributed by atoms with Crippen molar-refractivity contribution in [2.75, 3.05) is 11.5 Å². The highest BCUT2D eigenvalue weighted by Crippen LogP contribution is 2.30. The zero-order chi connectivity index (χ0) is 30.7. The van der Waals surface area contributed by atoms with Crippen LogP contribution in [0.1, 0.15) is 34.6 Å². The first kappa shape index (κ1) is 31.4. The number of anilines is 2. The molecule has 5 N–H and O–H groups in total. The van der Waals surface area contributed by atoms with Crippen LogP contribution < -0.4 is 16.2 Å². The lowest BCUT2D eigenvalue weighted by Crippen LogP contribution is -1.96. The smallest absolute Gasteiger partial charge is 0.295 e. The number of phenols is 1. The molecule has 13 heteroatoms. The fourth-order valence-electron chi connectivity index (χ4n) is 3.01. The minimum atomic E-state index is -0.644. The molecule has 212 valence electrons. The van der Waals surface area contributed by atoms with Crippen LogP contribution >= 0.6 is 0 Å². The third-order valence-electron chi connectivity index (χ3n) is 5.16. The number of phenolic OH excluding ortho intramolecular Hbond substituents is 1. The number of nitro benzene ring substituents is 2. The Morgan fingerprint density at radius 3 is 1.56 bits per heavy atom. The highest BCUT2D eigenvalue weighted by Gasteiger charge is 2.13. The molecule has 0 amide bonds. The fourth-order valence-corrected chi connectivity index (χ4v) is 3.01. The summed E-state index contributed by atoms with van der Waals surface area (Å²) in [6.07, 6.45) is 0. The van der Waals surface area contributed by atoms with Crippen molar-refractivity contribution in [3.63, 3.8) is 0 Å². The van der Waals surface area contributed by atoms with E-state index in [0.29, 0.717) is 22.6 Å². The average Bonchev–Trinajstić information content (AvgIpc) is 2.92. The third kappa shape index (κ3) is 9.76. The van der Waals surface area contributed by atoms with Gasteiger partial charge in [-0.25, -0.2) is 4.39 Å². The molecule has 12 nitrogen and oxygen atoms in total. The van der Waals surface area contributed by atoms with E-state index in [2.05, 4.69) is 0 Å². The predicted molar refractivity (Wildman–Crippen MR) is 150 cm³/mol. The normalized spacial score (nSPS) is 9.73. The molecule has 0 aliphatic carbocycles. The number of ketones is 2. The summed E-state index contributed by atoms with van der Waals surface area (Å²) in [5, 5.41) is 29.8. The molecule has 0 aliphatic rings. The first-order valence-electron chi connectivity index (χ1n) is 11.6. The Kier molecular flexibility index (Phi) is 11.0. The zero-order valence-corrected chi connectivity index (χ0v) is 21.8. The van der Waals surface area contributed by atoms with Gasteiger partial charge in [0, 0.05) is 11.1 Å². The number of nitro groups is 2. The molecule has 0 radical (unpaired) electrons. The van der Waals surface area contributed by atoms with E-state index >= 15 is 0 Å². The number of nitrogens with zero attached hydrogens (tertiary/aromatic N) is 2. The van der Waals surface area contributed by atoms with Gasteiger partial charge in [0.25, 0.3) is 11.4 Å². The second kappa shape index (κ2) is 14.3. The summed E-state index contributed by atoms with van der Waals surface area (Å²) in [5.41, 5.74) is 11.5. The Balaban J connectivity index is 0.000000236. The summed E-state index contributed by atoms with van der Waals surface area (Å²) in [6.45, 7) is 2.92. The number of aromatic hydroxyl groups is 1. The van der Waals surface area contributed by atoms with Crippen molar-refractivity contribution in [1.82, 2.24) is 0 Å². The van der Waals surface area contributed by atoms with Gasteiger partial charge in [-0.15, -0.1) is 0 Å². The second-order valence-corrected chi connectivity index (χ2v) is 8.22. The van der Waals surface area contributed by atoms with Crippen molar-refractivity contribution in [2.24, 2.45) is 0 Å². The molecule has 0 heterocycles. The highest BCUT2D eigenvalue weighted by atomic mass is 19.1. The van der Waals surface area contributed by atoms with E-state index in [-0.39, 0.29) is 45.9 Å². The van der Waals surface area contributed by atoms with Gasteiger partial charge in [0.15, 0.2) is 11.6 Å². The Bertz CT molecular complexity index is 1560. The number of rotatable bonds is 6. The van der Waals surface area contributed by atoms with Crippen LogP contribution in [-0.4, -0.2) is 26.5 Å². The lowest BCUT2D eigenvalue weighted by Gasteiger charge is -2.06. The highest BCUT2D eigenvalue weighted by molar-refractivity contribution is 5.94. The van der Waals surface area contributed by atoms with E-state index in [1.807, 2.05) is 0 Å². The Labute approximate surface area is 232 Å². The van der Waals surface area contributed by atoms with Crippen LogP contribution in [0.25, 0.3) is 0 Å². The zero-order valence-electron chi connectivity index (χ0n) is 21.8. The molecule has 0 aromatic heterocycles. The van der Waals surface area contributed by atoms with Gasteiger partial charge in [-0.05, 0) is 86.6 Å². The van der Waals surface area contributed by atoms with E-state index in [4.69, 9.17) is 21.3 Å². The number of nitrogen functional groups attached to an aromatic ring is 2. The molecule has 0 saturated heterocycles. The minimum Gasteiger partial charge on any atom is -0.508 e. The molecule has 0 saturated carbocycles. The van der Waals surface area contributed by atoms with Gasteiger partial charge in [-0.2, -0.15) is 0 Å². The molecule has 0 atom stereocenters. The number of carbonyl (C=O) groups excluding carboxylic acids is 2. The molecule has 4 aromatic carbocycles. The molecule has 0 fully saturated rings. The van der Waals surface area contributed by atoms with Crippen LogP contribution in [0.4, 0.5) is 27.1 Å². The summed E-state index contributed by atoms with van der Waals surface area (Å²) < 4.78 is 17.7. The number of nitrogens with two attached hydrogens (primary N) is 2. The van der Waals surface area contributed by atoms with Gasteiger partial charge in [0.2, 0.25) is 0 Å². The van der Waals surface area contributed by atoms with Crippen molar-refractivity contribution < 1.29 is 33.7 Å². The van der Waals surface area contributed by atoms with E-state index in [9.17, 15) is 34.2 Å². The summed E-state index contributed by atoms with van der Waals surface area (Å²) in [4.78, 5) is 41.5. The summed E-state index contributed by atoms with van der Waals surface area (Å²) in [6, 6.07) is 19.8. The standard InChI is InChI=1S/C14H12N2O4.C8H7FO.C6H6N2O3/c1-9(17)10-2-4-11(5-3-10)20-12-6-7-13(15)14(8-12)16(18)19;1-6(10)7-2-4-8(9)5-3-7;7-5-2-1-4(9)3-6(5)8(10)11/h2-8H,15H2,1H3;2-5H,1H3;1-3,9H,7H2. The Morgan fingerprint density at radius 1 is 0.707 bits per heavy atom. The quantitative estimate of drug-likeness (QED) is 0.0809. The van der Waals surface area contributed by atoms with Gasteiger partial charge in [-0.3, -0.25) is 29.8 Å². The van der Waals surface area contributed by atoms with E-state index in [1.54, 1.807) is 30.3 Å². The van der Waals surface area contributed by atoms with Gasteiger partial charge in [-0.1, -0.05) is 0 Å². The number of benzene rings is 4. The van der Waals surface area contributed by atoms with Crippen molar-refractivity contribution in [1.29, 1.82) is 0 Å². The van der Waals surface area contributed by atoms with Gasteiger partial charge in [0.05, 0.1) is 22.0 Å². The minimum absolute atomic E-state index is 0.0417. The molecular formula is C28H25FN4O8. The molecule has 0 unspecified atom stereocenters. The van der Waals surface area contributed by atoms with Crippen LogP contribution in [0.15, 0.2) is 84.9 Å². The summed E-state index contributed by atoms with van der Waals surface area (Å²) in [7, 11) is 0. The maximum absolute atomic E-state index is 12.2. The van der Waals surface area contributed by atoms with Crippen LogP contribution in [0.3, 0.4) is 0 Å². The molecule has 0 aliphatic heterocycles. The number of hydrogen-bond acceptors (Lipinski definition) is 10. The fraction of sp³-hybridized carbons (Fsp3) is 0.0714. The molecule has 41 heavy (non-hydrogen) atoms. The van der Waals surface area contributed by atoms with Gasteiger partial charge < -0.3 is 21.3 Å². The van der Waals surface area contributed by atoms with Crippen molar-refractivity contribution in [3.8, 4) is 17.2 Å². The van der Waals surface area contributed by atoms with E-state index in [0.717, 1.165) is 6.07 Å². The second-order valence-electron chi connectivity index (χ2n) is 8.22. The van der Waals surface area contributed by atoms with Gasteiger partial charge >= 0.3 is 0 Å². The number of hydrogen-bond donors (Lipinski definition) is 3. The van der Waals surface area contributed by atoms with Crippen LogP contribution in [0.5, 0.6) is 17.2 Å². The third-order valence-corrected chi connectivity index (χ3v) is 5.16. The maximum Gasteiger partial charge on any atom is 0.295 e. The molecule has 0 bridgehead atoms. The molecular weight excluding hydrogens is 539 g/mol. The van der Waals surface area contributed by atoms with Crippen molar-refractivity contribution in [2.45, 2.75) is 13.8 Å². The van der Waals surface area contributed by atoms with Gasteiger partial charge in [0.1, 0.15) is 34.4 Å². The Hall–Kier alpha value is -5.85. The first-order chi connectivity index (χ1) is 19.3. The number of ether oxygens (including phenoxy) is 1. The average molecular weight is 565 g/mol. The number of Topliss-reactive ketones (excluding diaryl/α,β-unsaturated/α-hetero) is 2. The van der Waals surface area contributed by atoms with E-state index in [1.165, 1.54) is 62.4 Å². The van der Waals surface area contributed by atoms with E-state index < -0.39 is 9.85 Å². The first-order valence-corrected chi connectivity index (χ1v) is 11.6. The molecule has 0 spiro atoms. The predicted octanol–water partition coefficient (Wildman–Crippen LogP) is 6.08. The topological polar surface area (TPSA) is 202 Å². The molecule has 4 aromatic rings. The number of carbonyl (C=O) groups is 2. The van der Waals surface area contributed by atoms with Crippen LogP contribution in [-0.2, 0) is 0 Å². The van der Waals surface area contributed by atoms with Crippen LogP contribution in [0, 0.1) is 26.0 Å². The summed E-state index contributed by atoms with van der Waals surface area (Å²) in [5.74, 6) is 0.228. The Morgan fingerprint density at radius 2 is 1.12 bits per heavy atom. The summed E-state index contributed by atoms with van der Waals surface area (Å²) >= 11 is 0. The van der Waals surface area contributed by atoms with Crippen molar-refractivity contribution in [3.05, 3.63) is 122 Å². The maximum atomic E-state index is 12.2.